The Kier molecular flexibility index (Phi) is 52.5. The van der Waals surface area contributed by atoms with E-state index in [-0.39, 0.29) is 18.9 Å². The molecule has 0 bridgehead atoms. The first-order chi connectivity index (χ1) is 46.3. The maximum atomic E-state index is 13.4. The van der Waals surface area contributed by atoms with E-state index in [9.17, 15) is 61.0 Å². The molecule has 17 unspecified atom stereocenters. The van der Waals surface area contributed by atoms with Crippen LogP contribution in [0.3, 0.4) is 0 Å². The minimum absolute atomic E-state index is 0.238. The zero-order valence-corrected chi connectivity index (χ0v) is 59.2. The number of unbranched alkanes of at least 4 members (excludes halogenated alkanes) is 38. The van der Waals surface area contributed by atoms with Crippen LogP contribution in [0.5, 0.6) is 0 Å². The lowest BCUT2D eigenvalue weighted by atomic mass is 9.96. The maximum Gasteiger partial charge on any atom is 0.220 e. The van der Waals surface area contributed by atoms with E-state index in [1.807, 2.05) is 6.08 Å². The lowest BCUT2D eigenvalue weighted by Gasteiger charge is -2.48. The van der Waals surface area contributed by atoms with E-state index < -0.39 is 124 Å². The summed E-state index contributed by atoms with van der Waals surface area (Å²) in [6, 6.07) is -0.986. The van der Waals surface area contributed by atoms with Crippen molar-refractivity contribution in [2.24, 2.45) is 0 Å². The zero-order chi connectivity index (χ0) is 68.9. The van der Waals surface area contributed by atoms with Gasteiger partial charge in [0.05, 0.1) is 38.6 Å². The van der Waals surface area contributed by atoms with Gasteiger partial charge >= 0.3 is 0 Å². The maximum absolute atomic E-state index is 13.4. The monoisotopic (exact) mass is 1350 g/mol. The third-order valence-corrected chi connectivity index (χ3v) is 19.1. The quantitative estimate of drug-likeness (QED) is 0.0199. The molecule has 17 atom stereocenters. The zero-order valence-electron chi connectivity index (χ0n) is 59.2. The smallest absolute Gasteiger partial charge is 0.220 e. The van der Waals surface area contributed by atoms with Gasteiger partial charge in [-0.05, 0) is 64.2 Å². The second-order valence-corrected chi connectivity index (χ2v) is 27.5. The Bertz CT molecular complexity index is 1910. The fourth-order valence-corrected chi connectivity index (χ4v) is 12.9. The minimum atomic E-state index is -1.98. The van der Waals surface area contributed by atoms with Gasteiger partial charge in [-0.25, -0.2) is 0 Å². The fourth-order valence-electron chi connectivity index (χ4n) is 12.9. The van der Waals surface area contributed by atoms with Crippen molar-refractivity contribution in [1.29, 1.82) is 0 Å². The standard InChI is InChI=1S/C76H139NO18/c1-3-5-7-9-11-13-14-15-16-17-18-19-20-21-22-23-24-25-26-27-28-29-30-31-32-33-34-35-36-37-38-39-40-41-42-43-44-46-48-50-52-54-64(82)77-59(60(81)53-51-49-47-45-12-10-8-6-4-2)58-90-74-70(88)67(85)72(62(56-79)92-74)95-76-71(89)68(86)73(63(57-80)93-76)94-75-69(87)66(84)65(83)61(55-78)91-75/h12,14-15,17-18,45,51,53,59-63,65-76,78-81,83-89H,3-11,13,16,19-44,46-50,52,54-58H2,1-2H3,(H,77,82)/b15-14-,18-17-,45-12+,53-51+. The van der Waals surface area contributed by atoms with Crippen LogP contribution in [0.1, 0.15) is 296 Å². The number of hydrogen-bond donors (Lipinski definition) is 12. The van der Waals surface area contributed by atoms with Gasteiger partial charge in [0.1, 0.15) is 73.2 Å². The summed E-state index contributed by atoms with van der Waals surface area (Å²) in [5.41, 5.74) is 0. The molecule has 0 spiro atoms. The molecular weight excluding hydrogens is 1210 g/mol. The third-order valence-electron chi connectivity index (χ3n) is 19.1. The summed E-state index contributed by atoms with van der Waals surface area (Å²) in [6.07, 6.45) is 44.7. The molecule has 0 aromatic heterocycles. The molecule has 0 aliphatic carbocycles. The number of nitrogens with one attached hydrogen (secondary N) is 1. The van der Waals surface area contributed by atoms with Crippen molar-refractivity contribution in [3.8, 4) is 0 Å². The number of carbonyl (C=O) groups is 1. The van der Waals surface area contributed by atoms with Crippen molar-refractivity contribution in [3.05, 3.63) is 48.6 Å². The largest absolute Gasteiger partial charge is 0.394 e. The first-order valence-corrected chi connectivity index (χ1v) is 38.4. The van der Waals surface area contributed by atoms with Crippen molar-refractivity contribution in [2.45, 2.75) is 401 Å². The van der Waals surface area contributed by atoms with Crippen molar-refractivity contribution in [3.63, 3.8) is 0 Å². The van der Waals surface area contributed by atoms with Crippen LogP contribution in [0.25, 0.3) is 0 Å². The van der Waals surface area contributed by atoms with Gasteiger partial charge in [-0.3, -0.25) is 4.79 Å². The van der Waals surface area contributed by atoms with Crippen LogP contribution in [0, 0.1) is 0 Å². The Hall–Kier alpha value is -2.25. The van der Waals surface area contributed by atoms with Crippen LogP contribution >= 0.6 is 0 Å². The molecule has 0 saturated carbocycles. The average molecular weight is 1350 g/mol. The highest BCUT2D eigenvalue weighted by Crippen LogP contribution is 2.33. The Labute approximate surface area is 573 Å². The van der Waals surface area contributed by atoms with E-state index in [2.05, 4.69) is 55.6 Å². The van der Waals surface area contributed by atoms with Crippen molar-refractivity contribution < 1.29 is 89.4 Å². The third kappa shape index (κ3) is 38.4. The highest BCUT2D eigenvalue weighted by Gasteiger charge is 2.53. The first kappa shape index (κ1) is 87.0. The summed E-state index contributed by atoms with van der Waals surface area (Å²) in [6.45, 7) is 1.65. The van der Waals surface area contributed by atoms with Gasteiger partial charge in [-0.15, -0.1) is 0 Å². The highest BCUT2D eigenvalue weighted by atomic mass is 16.8. The Morgan fingerprint density at radius 3 is 1.14 bits per heavy atom. The van der Waals surface area contributed by atoms with Gasteiger partial charge in [0, 0.05) is 6.42 Å². The van der Waals surface area contributed by atoms with Gasteiger partial charge in [0.25, 0.3) is 0 Å². The number of carbonyl (C=O) groups excluding carboxylic acids is 1. The van der Waals surface area contributed by atoms with E-state index >= 15 is 0 Å². The molecule has 3 rings (SSSR count). The number of rotatable bonds is 60. The molecule has 3 saturated heterocycles. The normalized spacial score (nSPS) is 27.4. The molecule has 12 N–H and O–H groups in total. The molecule has 3 fully saturated rings. The van der Waals surface area contributed by atoms with Gasteiger partial charge in [-0.2, -0.15) is 0 Å². The van der Waals surface area contributed by atoms with E-state index in [0.29, 0.717) is 12.8 Å². The van der Waals surface area contributed by atoms with Crippen LogP contribution in [0.15, 0.2) is 48.6 Å². The van der Waals surface area contributed by atoms with Gasteiger partial charge in [0.2, 0.25) is 5.91 Å². The summed E-state index contributed by atoms with van der Waals surface area (Å²) in [7, 11) is 0. The van der Waals surface area contributed by atoms with E-state index in [1.54, 1.807) is 6.08 Å². The van der Waals surface area contributed by atoms with Crippen LogP contribution in [-0.4, -0.2) is 193 Å². The van der Waals surface area contributed by atoms with Crippen LogP contribution in [0.4, 0.5) is 0 Å². The van der Waals surface area contributed by atoms with E-state index in [0.717, 1.165) is 51.4 Å². The summed E-state index contributed by atoms with van der Waals surface area (Å²) >= 11 is 0. The van der Waals surface area contributed by atoms with Crippen LogP contribution in [-0.2, 0) is 33.2 Å². The number of amides is 1. The molecular formula is C76H139NO18. The summed E-state index contributed by atoms with van der Waals surface area (Å²) in [5.74, 6) is -0.284. The summed E-state index contributed by atoms with van der Waals surface area (Å²) < 4.78 is 34.2. The van der Waals surface area contributed by atoms with Crippen LogP contribution < -0.4 is 5.32 Å². The highest BCUT2D eigenvalue weighted by molar-refractivity contribution is 5.76. The van der Waals surface area contributed by atoms with Gasteiger partial charge < -0.3 is 89.9 Å². The van der Waals surface area contributed by atoms with Gasteiger partial charge in [0.15, 0.2) is 18.9 Å². The molecule has 1 amide bonds. The lowest BCUT2D eigenvalue weighted by molar-refractivity contribution is -0.379. The van der Waals surface area contributed by atoms with Crippen molar-refractivity contribution in [1.82, 2.24) is 5.32 Å². The second kappa shape index (κ2) is 57.4. The Morgan fingerprint density at radius 1 is 0.379 bits per heavy atom. The molecule has 19 nitrogen and oxygen atoms in total. The number of hydrogen-bond acceptors (Lipinski definition) is 18. The molecule has 556 valence electrons. The molecule has 3 heterocycles. The molecule has 95 heavy (non-hydrogen) atoms. The number of ether oxygens (including phenoxy) is 6. The molecule has 0 radical (unpaired) electrons. The van der Waals surface area contributed by atoms with Crippen LogP contribution in [0.2, 0.25) is 0 Å². The Balaban J connectivity index is 1.23. The number of aliphatic hydroxyl groups excluding tert-OH is 11. The molecule has 3 aliphatic rings. The average Bonchev–Trinajstić information content (AvgIpc) is 0.795. The number of aliphatic hydroxyl groups is 11. The minimum Gasteiger partial charge on any atom is -0.394 e. The molecule has 0 aromatic rings. The second-order valence-electron chi connectivity index (χ2n) is 27.5. The van der Waals surface area contributed by atoms with E-state index in [1.165, 1.54) is 212 Å². The van der Waals surface area contributed by atoms with Crippen molar-refractivity contribution in [2.75, 3.05) is 26.4 Å². The first-order valence-electron chi connectivity index (χ1n) is 38.4. The summed E-state index contributed by atoms with van der Waals surface area (Å²) in [4.78, 5) is 13.4. The van der Waals surface area contributed by atoms with Gasteiger partial charge in [-0.1, -0.05) is 274 Å². The SMILES string of the molecule is CCCCC/C=C/CC/C=C/C(O)C(COC1OC(CO)C(OC2OC(CO)C(OC3OC(CO)C(O)C(O)C3O)C(O)C2O)C(O)C1O)NC(=O)CCCCCCCCCCCCCCCCCCCCCCCCCCCCCCC/C=C\C/C=C\CCCCCCC. The molecule has 0 aromatic carbocycles. The predicted octanol–water partition coefficient (Wildman–Crippen LogP) is 11.7. The predicted molar refractivity (Wildman–Crippen MR) is 374 cm³/mol. The topological polar surface area (TPSA) is 307 Å². The number of allylic oxidation sites excluding steroid dienone is 7. The lowest BCUT2D eigenvalue weighted by Crippen LogP contribution is -2.66. The fraction of sp³-hybridized carbons (Fsp3) is 0.882. The van der Waals surface area contributed by atoms with E-state index in [4.69, 9.17) is 28.4 Å². The molecule has 3 aliphatic heterocycles. The molecule has 19 heteroatoms. The Morgan fingerprint density at radius 2 is 0.705 bits per heavy atom. The summed E-state index contributed by atoms with van der Waals surface area (Å²) in [5, 5.41) is 120. The van der Waals surface area contributed by atoms with Crippen molar-refractivity contribution >= 4 is 5.91 Å².